The molecule has 0 radical (unpaired) electrons. The van der Waals surface area contributed by atoms with E-state index in [1.807, 2.05) is 45.9 Å². The third-order valence-electron chi connectivity index (χ3n) is 4.02. The maximum absolute atomic E-state index is 12.7. The molecule has 0 aliphatic heterocycles. The fraction of sp³-hybridized carbons (Fsp3) is 0.500. The number of hydrogen-bond acceptors (Lipinski definition) is 6. The third-order valence-corrected chi connectivity index (χ3v) is 4.98. The Hall–Kier alpha value is -2.41. The molecule has 29 heavy (non-hydrogen) atoms. The number of esters is 1. The number of aromatic nitrogens is 1. The molecule has 0 bridgehead atoms. The van der Waals surface area contributed by atoms with E-state index in [1.165, 1.54) is 16.9 Å². The summed E-state index contributed by atoms with van der Waals surface area (Å²) >= 11 is 1.40. The molecule has 2 aromatic rings. The lowest BCUT2D eigenvalue weighted by atomic mass is 10.1. The molecule has 0 aliphatic carbocycles. The third kappa shape index (κ3) is 7.49. The molecule has 1 amide bonds. The molecule has 0 unspecified atom stereocenters. The highest BCUT2D eigenvalue weighted by molar-refractivity contribution is 7.11. The zero-order valence-electron chi connectivity index (χ0n) is 17.9. The van der Waals surface area contributed by atoms with Gasteiger partial charge < -0.3 is 14.4 Å². The summed E-state index contributed by atoms with van der Waals surface area (Å²) in [5.41, 5.74) is 0.968. The Morgan fingerprint density at radius 1 is 1.17 bits per heavy atom. The van der Waals surface area contributed by atoms with Crippen molar-refractivity contribution in [2.75, 3.05) is 13.2 Å². The topological polar surface area (TPSA) is 68.7 Å². The van der Waals surface area contributed by atoms with Gasteiger partial charge >= 0.3 is 12.1 Å². The van der Waals surface area contributed by atoms with E-state index in [2.05, 4.69) is 17.1 Å². The number of nitrogens with zero attached hydrogens (tertiary/aromatic N) is 2. The lowest BCUT2D eigenvalue weighted by molar-refractivity contribution is 0.0231. The molecule has 0 atom stereocenters. The lowest BCUT2D eigenvalue weighted by Gasteiger charge is -2.27. The number of carbonyl (C=O) groups is 2. The highest BCUT2D eigenvalue weighted by Gasteiger charge is 2.24. The smallest absolute Gasteiger partial charge is 0.410 e. The molecule has 1 aromatic carbocycles. The van der Waals surface area contributed by atoms with Gasteiger partial charge in [0.25, 0.3) is 0 Å². The van der Waals surface area contributed by atoms with Crippen molar-refractivity contribution >= 4 is 23.4 Å². The van der Waals surface area contributed by atoms with E-state index >= 15 is 0 Å². The molecule has 2 rings (SSSR count). The predicted molar refractivity (Wildman–Crippen MR) is 114 cm³/mol. The Bertz CT molecular complexity index is 812. The van der Waals surface area contributed by atoms with Crippen LogP contribution in [0, 0.1) is 6.92 Å². The number of carbonyl (C=O) groups excluding carboxylic acids is 2. The van der Waals surface area contributed by atoms with E-state index in [4.69, 9.17) is 9.47 Å². The van der Waals surface area contributed by atoms with Gasteiger partial charge in [0.05, 0.1) is 13.2 Å². The molecule has 0 saturated carbocycles. The second-order valence-electron chi connectivity index (χ2n) is 7.72. The van der Waals surface area contributed by atoms with Crippen LogP contribution in [0.15, 0.2) is 30.3 Å². The fourth-order valence-corrected chi connectivity index (χ4v) is 3.69. The van der Waals surface area contributed by atoms with Crippen LogP contribution in [0.1, 0.15) is 60.1 Å². The monoisotopic (exact) mass is 418 g/mol. The number of amides is 1. The summed E-state index contributed by atoms with van der Waals surface area (Å²) in [6, 6.07) is 10.2. The molecule has 0 spiro atoms. The molecule has 0 N–H and O–H groups in total. The van der Waals surface area contributed by atoms with Gasteiger partial charge in [0, 0.05) is 11.4 Å². The molecule has 6 nitrogen and oxygen atoms in total. The first-order chi connectivity index (χ1) is 13.7. The van der Waals surface area contributed by atoms with Gasteiger partial charge in [0.15, 0.2) is 5.69 Å². The maximum Gasteiger partial charge on any atom is 0.410 e. The molecule has 7 heteroatoms. The van der Waals surface area contributed by atoms with Crippen LogP contribution in [0.4, 0.5) is 4.79 Å². The predicted octanol–water partition coefficient (Wildman–Crippen LogP) is 5.00. The second kappa shape index (κ2) is 10.4. The van der Waals surface area contributed by atoms with Crippen LogP contribution < -0.4 is 0 Å². The van der Waals surface area contributed by atoms with Crippen molar-refractivity contribution in [1.29, 1.82) is 0 Å². The molecule has 0 fully saturated rings. The Kier molecular flexibility index (Phi) is 8.20. The van der Waals surface area contributed by atoms with Gasteiger partial charge in [0.1, 0.15) is 10.6 Å². The minimum absolute atomic E-state index is 0.300. The number of thiazole rings is 1. The van der Waals surface area contributed by atoms with E-state index in [-0.39, 0.29) is 6.09 Å². The summed E-state index contributed by atoms with van der Waals surface area (Å²) in [6.45, 7) is 10.3. The molecular weight excluding hydrogens is 388 g/mol. The van der Waals surface area contributed by atoms with Crippen LogP contribution in [-0.2, 0) is 22.4 Å². The quantitative estimate of drug-likeness (QED) is 0.565. The summed E-state index contributed by atoms with van der Waals surface area (Å²) in [5.74, 6) is -0.430. The van der Waals surface area contributed by atoms with Crippen molar-refractivity contribution < 1.29 is 19.1 Å². The minimum Gasteiger partial charge on any atom is -0.461 e. The van der Waals surface area contributed by atoms with Crippen molar-refractivity contribution in [3.05, 3.63) is 51.5 Å². The average Bonchev–Trinajstić information content (AvgIpc) is 3.01. The summed E-state index contributed by atoms with van der Waals surface area (Å²) in [7, 11) is 0. The Morgan fingerprint density at radius 2 is 1.86 bits per heavy atom. The van der Waals surface area contributed by atoms with Gasteiger partial charge in [-0.05, 0) is 53.0 Å². The molecule has 1 heterocycles. The van der Waals surface area contributed by atoms with E-state index in [9.17, 15) is 9.59 Å². The van der Waals surface area contributed by atoms with Crippen molar-refractivity contribution in [2.24, 2.45) is 0 Å². The largest absolute Gasteiger partial charge is 0.461 e. The van der Waals surface area contributed by atoms with Crippen LogP contribution in [0.2, 0.25) is 0 Å². The van der Waals surface area contributed by atoms with E-state index in [0.717, 1.165) is 17.7 Å². The normalized spacial score (nSPS) is 11.2. The lowest BCUT2D eigenvalue weighted by Crippen LogP contribution is -2.37. The van der Waals surface area contributed by atoms with Gasteiger partial charge in [-0.25, -0.2) is 14.6 Å². The Labute approximate surface area is 176 Å². The van der Waals surface area contributed by atoms with Gasteiger partial charge in [-0.1, -0.05) is 30.3 Å². The second-order valence-corrected chi connectivity index (χ2v) is 9.01. The van der Waals surface area contributed by atoms with Crippen LogP contribution in [-0.4, -0.2) is 40.7 Å². The molecule has 1 aromatic heterocycles. The number of benzene rings is 1. The van der Waals surface area contributed by atoms with Crippen LogP contribution in [0.5, 0.6) is 0 Å². The van der Waals surface area contributed by atoms with E-state index in [1.54, 1.807) is 11.8 Å². The summed E-state index contributed by atoms with van der Waals surface area (Å²) in [5, 5.41) is 0.691. The number of rotatable bonds is 8. The number of ether oxygens (including phenoxy) is 2. The van der Waals surface area contributed by atoms with Crippen molar-refractivity contribution in [1.82, 2.24) is 9.88 Å². The first-order valence-electron chi connectivity index (χ1n) is 9.85. The summed E-state index contributed by atoms with van der Waals surface area (Å²) in [6.07, 6.45) is 1.29. The standard InChI is InChI=1S/C22H30N2O4S/c1-6-27-20(25)19-16(2)29-18(23-19)15-24(21(26)28-22(3,4)5)14-10-13-17-11-8-7-9-12-17/h7-9,11-12H,6,10,13-15H2,1-5H3. The van der Waals surface area contributed by atoms with Gasteiger partial charge in [-0.3, -0.25) is 0 Å². The SMILES string of the molecule is CCOC(=O)c1nc(CN(CCCc2ccccc2)C(=O)OC(C)(C)C)sc1C. The summed E-state index contributed by atoms with van der Waals surface area (Å²) < 4.78 is 10.6. The maximum atomic E-state index is 12.7. The van der Waals surface area contributed by atoms with Gasteiger partial charge in [0.2, 0.25) is 0 Å². The van der Waals surface area contributed by atoms with E-state index in [0.29, 0.717) is 30.4 Å². The average molecular weight is 419 g/mol. The number of aryl methyl sites for hydroxylation is 2. The molecule has 158 valence electrons. The van der Waals surface area contributed by atoms with Crippen LogP contribution in [0.3, 0.4) is 0 Å². The Morgan fingerprint density at radius 3 is 2.48 bits per heavy atom. The van der Waals surface area contributed by atoms with Crippen LogP contribution in [0.25, 0.3) is 0 Å². The molecule has 0 saturated heterocycles. The van der Waals surface area contributed by atoms with Crippen molar-refractivity contribution in [3.8, 4) is 0 Å². The highest BCUT2D eigenvalue weighted by Crippen LogP contribution is 2.21. The first-order valence-corrected chi connectivity index (χ1v) is 10.7. The van der Waals surface area contributed by atoms with E-state index < -0.39 is 11.6 Å². The minimum atomic E-state index is -0.580. The van der Waals surface area contributed by atoms with Gasteiger partial charge in [-0.15, -0.1) is 11.3 Å². The molecular formula is C22H30N2O4S. The zero-order valence-corrected chi connectivity index (χ0v) is 18.7. The Balaban J connectivity index is 2.09. The van der Waals surface area contributed by atoms with Crippen molar-refractivity contribution in [2.45, 2.75) is 59.6 Å². The molecule has 0 aliphatic rings. The van der Waals surface area contributed by atoms with Crippen molar-refractivity contribution in [3.63, 3.8) is 0 Å². The number of hydrogen-bond donors (Lipinski definition) is 0. The highest BCUT2D eigenvalue weighted by atomic mass is 32.1. The summed E-state index contributed by atoms with van der Waals surface area (Å²) in [4.78, 5) is 31.6. The zero-order chi connectivity index (χ0) is 21.4. The van der Waals surface area contributed by atoms with Crippen LogP contribution >= 0.6 is 11.3 Å². The first kappa shape index (κ1) is 22.9. The fourth-order valence-electron chi connectivity index (χ4n) is 2.75. The van der Waals surface area contributed by atoms with Gasteiger partial charge in [-0.2, -0.15) is 0 Å².